The Kier molecular flexibility index (Phi) is 38.1. The molecule has 11 aromatic rings. The summed E-state index contributed by atoms with van der Waals surface area (Å²) in [6.07, 6.45) is 23.4. The smallest absolute Gasteiger partial charge is 0.361 e. The lowest BCUT2D eigenvalue weighted by molar-refractivity contribution is -0.120. The molecular weight excluding hydrogens is 1740 g/mol. The maximum atomic E-state index is 12.6. The first-order valence-electron chi connectivity index (χ1n) is 45.8. The number of ketones is 1. The molecule has 0 atom stereocenters. The zero-order valence-electron chi connectivity index (χ0n) is 75.6. The van der Waals surface area contributed by atoms with Gasteiger partial charge in [0, 0.05) is 28.6 Å². The zero-order chi connectivity index (χ0) is 94.7. The minimum absolute atomic E-state index is 0.00390. The maximum absolute atomic E-state index is 12.6. The van der Waals surface area contributed by atoms with Crippen LogP contribution in [0, 0.1) is 68.0 Å². The Morgan fingerprint density at radius 1 is 0.373 bits per heavy atom. The Bertz CT molecular complexity index is 5810. The van der Waals surface area contributed by atoms with Crippen molar-refractivity contribution in [1.29, 1.82) is 31.6 Å². The first kappa shape index (κ1) is 99.8. The number of rotatable bonds is 22. The molecule has 690 valence electrons. The summed E-state index contributed by atoms with van der Waals surface area (Å²) in [7, 11) is 3.26. The van der Waals surface area contributed by atoms with Crippen molar-refractivity contribution in [3.8, 4) is 47.9 Å². The number of nitrogens with zero attached hydrogens (tertiary/aromatic N) is 14. The average Bonchev–Trinajstić information content (AvgIpc) is 1.66. The number of ether oxygens (including phenoxy) is 3. The minimum atomic E-state index is -1.06. The summed E-state index contributed by atoms with van der Waals surface area (Å²) in [5.41, 5.74) is 14.3. The van der Waals surface area contributed by atoms with E-state index in [0.717, 1.165) is 180 Å². The molecule has 6 fully saturated rings. The van der Waals surface area contributed by atoms with Crippen LogP contribution in [0.1, 0.15) is 306 Å². The Hall–Kier alpha value is -13.2. The number of nitriles is 6. The summed E-state index contributed by atoms with van der Waals surface area (Å²) >= 11 is 4.75. The number of Topliss-reactive ketones (excluding diaryl/α,β-unsaturated/α-hetero) is 1. The van der Waals surface area contributed by atoms with Gasteiger partial charge in [-0.15, -0.1) is 43.9 Å². The molecule has 6 aliphatic carbocycles. The van der Waals surface area contributed by atoms with Gasteiger partial charge in [-0.05, 0) is 325 Å². The molecule has 6 saturated carbocycles. The van der Waals surface area contributed by atoms with Crippen LogP contribution in [0.15, 0.2) is 209 Å². The fourth-order valence-corrected chi connectivity index (χ4v) is 21.6. The van der Waals surface area contributed by atoms with Crippen molar-refractivity contribution < 1.29 is 53.8 Å². The van der Waals surface area contributed by atoms with Gasteiger partial charge in [0.05, 0.1) is 116 Å². The molecule has 0 aliphatic heterocycles. The van der Waals surface area contributed by atoms with Crippen LogP contribution in [0.3, 0.4) is 0 Å². The summed E-state index contributed by atoms with van der Waals surface area (Å²) in [4.78, 5) is 46.4. The number of carboxylic acids is 2. The highest BCUT2D eigenvalue weighted by atomic mass is 32.2. The van der Waals surface area contributed by atoms with Gasteiger partial charge < -0.3 is 34.6 Å². The number of thioether (sulfide) groups is 3. The van der Waals surface area contributed by atoms with Gasteiger partial charge >= 0.3 is 17.9 Å². The highest BCUT2D eigenvalue weighted by molar-refractivity contribution is 8.00. The van der Waals surface area contributed by atoms with E-state index in [0.29, 0.717) is 122 Å². The minimum Gasteiger partial charge on any atom is -0.497 e. The molecule has 5 N–H and O–H groups in total. The number of carboxylic acid groups (broad SMARTS) is 2. The van der Waals surface area contributed by atoms with E-state index in [-0.39, 0.29) is 29.3 Å². The second-order valence-electron chi connectivity index (χ2n) is 34.3. The number of aliphatic hydroxyl groups excluding tert-OH is 2. The summed E-state index contributed by atoms with van der Waals surface area (Å²) in [6.45, 7) is 3.05. The van der Waals surface area contributed by atoms with Crippen molar-refractivity contribution in [2.75, 3.05) is 20.8 Å². The van der Waals surface area contributed by atoms with Crippen LogP contribution >= 0.6 is 35.3 Å². The molecule has 29 heteroatoms. The van der Waals surface area contributed by atoms with E-state index in [1.807, 2.05) is 182 Å². The van der Waals surface area contributed by atoms with Crippen molar-refractivity contribution in [3.63, 3.8) is 0 Å². The first-order valence-corrected chi connectivity index (χ1v) is 48.4. The van der Waals surface area contributed by atoms with Gasteiger partial charge in [-0.3, -0.25) is 4.79 Å². The average molecular weight is 1860 g/mol. The second-order valence-corrected chi connectivity index (χ2v) is 38.2. The molecule has 8 aromatic carbocycles. The Morgan fingerprint density at radius 3 is 0.933 bits per heavy atom. The number of aromatic nitrogens is 9. The van der Waals surface area contributed by atoms with Gasteiger partial charge in [-0.2, -0.15) is 36.8 Å². The number of benzene rings is 8. The molecule has 3 aromatic heterocycles. The Balaban J connectivity index is 0.000000150. The van der Waals surface area contributed by atoms with E-state index < -0.39 is 17.9 Å². The van der Waals surface area contributed by atoms with Crippen LogP contribution in [-0.4, -0.2) is 138 Å². The molecule has 0 saturated heterocycles. The number of aliphatic hydroxyl groups is 2. The number of aromatic carboxylic acids is 2. The molecule has 0 unspecified atom stereocenters. The molecule has 134 heavy (non-hydrogen) atoms. The number of nitrogens with one attached hydrogen (secondary N) is 1. The van der Waals surface area contributed by atoms with Gasteiger partial charge in [-0.1, -0.05) is 119 Å². The van der Waals surface area contributed by atoms with Crippen molar-refractivity contribution >= 4 is 59.0 Å². The van der Waals surface area contributed by atoms with Crippen LogP contribution in [0.25, 0.3) is 0 Å². The fourth-order valence-electron chi connectivity index (χ4n) is 17.8. The van der Waals surface area contributed by atoms with Gasteiger partial charge in [0.25, 0.3) is 0 Å². The van der Waals surface area contributed by atoms with E-state index in [9.17, 15) is 34.5 Å². The number of esters is 1. The number of hydrogen-bond acceptors (Lipinski definition) is 24. The van der Waals surface area contributed by atoms with Crippen molar-refractivity contribution in [1.82, 2.24) is 45.4 Å². The molecule has 17 rings (SSSR count). The largest absolute Gasteiger partial charge is 0.497 e. The molecule has 0 radical (unpaired) electrons. The van der Waals surface area contributed by atoms with Crippen LogP contribution < -0.4 is 9.47 Å². The third-order valence-electron chi connectivity index (χ3n) is 25.6. The lowest BCUT2D eigenvalue weighted by Crippen LogP contribution is -2.17. The van der Waals surface area contributed by atoms with E-state index in [4.69, 9.17) is 50.9 Å². The second kappa shape index (κ2) is 51.1. The standard InChI is InChI=1S/C26H28N4O3S.C24H24N4O3S.C16H16N4O2S.2C13H15NO.C13H13NO/c1-3-33-26(31)24-25(30(29-28-24)17-19-6-12-22(32-2)13-7-19)34-23-14-10-21(11-15-23)20-8-4-18(16-27)5-9-20;1-31-20-10-4-17(5-11-20)15-28-23(22(24(29)30)26-27-28)32-21-12-8-19(9-13-21)18-6-2-16(14-25)3-7-18;17-9-10-1-3-11(4-2-10)12-5-7-13(8-6-12)23-15-14(16(21)22)18-20-19-15;3*14-9-10-1-3-11(4-2-10)12-5-7-13(15)8-6-12/h4-9,12-13,21,23H,3,10-11,14-15,17H2,1-2H3;2-7,10-11,19,21H,8-9,12-13,15H2,1H3,(H,29,30);1-4,12-13H,5-8H2,(H,21,22)(H,18,19,20);2*1-4,12-13,15H,5-8H2;1-4,12H,5-8H2. The summed E-state index contributed by atoms with van der Waals surface area (Å²) in [5, 5.41) is 120. The van der Waals surface area contributed by atoms with E-state index >= 15 is 0 Å². The number of hydrogen-bond donors (Lipinski definition) is 5. The number of methoxy groups -OCH3 is 2. The quantitative estimate of drug-likeness (QED) is 0.0393. The predicted molar refractivity (Wildman–Crippen MR) is 511 cm³/mol. The number of H-pyrrole nitrogens is 1. The van der Waals surface area contributed by atoms with Crippen molar-refractivity contribution in [2.24, 2.45) is 0 Å². The first-order chi connectivity index (χ1) is 65.2. The third kappa shape index (κ3) is 29.1. The molecule has 26 nitrogen and oxygen atoms in total. The lowest BCUT2D eigenvalue weighted by atomic mass is 9.83. The van der Waals surface area contributed by atoms with Gasteiger partial charge in [0.2, 0.25) is 17.1 Å². The highest BCUT2D eigenvalue weighted by Crippen LogP contribution is 2.45. The highest BCUT2D eigenvalue weighted by Gasteiger charge is 2.33. The zero-order valence-corrected chi connectivity index (χ0v) is 78.0. The normalized spacial score (nSPS) is 20.1. The van der Waals surface area contributed by atoms with Gasteiger partial charge in [0.15, 0.2) is 5.03 Å². The molecule has 6 aliphatic rings. The van der Waals surface area contributed by atoms with Crippen LogP contribution in [0.2, 0.25) is 0 Å². The number of carbonyl (C=O) groups excluding carboxylic acids is 2. The van der Waals surface area contributed by atoms with Gasteiger partial charge in [0.1, 0.15) is 27.3 Å². The van der Waals surface area contributed by atoms with Crippen molar-refractivity contribution in [2.45, 2.75) is 253 Å². The van der Waals surface area contributed by atoms with Crippen molar-refractivity contribution in [3.05, 3.63) is 289 Å². The monoisotopic (exact) mass is 1850 g/mol. The van der Waals surface area contributed by atoms with E-state index in [1.165, 1.54) is 45.1 Å². The number of aromatic amines is 1. The topological polar surface area (TPSA) is 423 Å². The molecular formula is C105H111N15O11S3. The maximum Gasteiger partial charge on any atom is 0.361 e. The van der Waals surface area contributed by atoms with Crippen LogP contribution in [0.5, 0.6) is 11.5 Å². The number of carbonyl (C=O) groups is 4. The molecule has 0 spiro atoms. The summed E-state index contributed by atoms with van der Waals surface area (Å²) < 4.78 is 19.2. The Labute approximate surface area is 795 Å². The summed E-state index contributed by atoms with van der Waals surface area (Å²) in [5.74, 6) is 2.55. The predicted octanol–water partition coefficient (Wildman–Crippen LogP) is 21.1. The van der Waals surface area contributed by atoms with Crippen LogP contribution in [-0.2, 0) is 22.6 Å². The third-order valence-corrected chi connectivity index (χ3v) is 29.8. The van der Waals surface area contributed by atoms with E-state index in [2.05, 4.69) is 84.6 Å². The van der Waals surface area contributed by atoms with Crippen LogP contribution in [0.4, 0.5) is 0 Å². The molecule has 3 heterocycles. The fraction of sp³-hybridized carbons (Fsp3) is 0.390. The lowest BCUT2D eigenvalue weighted by Gasteiger charge is -2.28. The molecule has 0 bridgehead atoms. The summed E-state index contributed by atoms with van der Waals surface area (Å²) in [6, 6.07) is 75.3. The van der Waals surface area contributed by atoms with Gasteiger partial charge in [-0.25, -0.2) is 23.7 Å². The van der Waals surface area contributed by atoms with E-state index in [1.54, 1.807) is 54.0 Å². The SMILES string of the molecule is CCOC(=O)c1nnn(Cc2ccc(OC)cc2)c1SC1CCC(c2ccc(C#N)cc2)CC1.COc1ccc(Cn2nnc(C(=O)O)c2SC2CCC(c3ccc(C#N)cc3)CC2)cc1.N#Cc1ccc(C2CCC(=O)CC2)cc1.N#Cc1ccc(C2CCC(O)CC2)cc1.N#Cc1ccc(C2CCC(O)CC2)cc1.N#Cc1ccc(C2CCC(Sc3n[nH]nc3C(=O)O)CC2)cc1. The Morgan fingerprint density at radius 2 is 0.649 bits per heavy atom. The molecule has 0 amide bonds.